The molecule has 1 amide bonds. The summed E-state index contributed by atoms with van der Waals surface area (Å²) in [7, 11) is 0. The van der Waals surface area contributed by atoms with Crippen LogP contribution in [0.25, 0.3) is 11.6 Å². The second kappa shape index (κ2) is 4.35. The highest BCUT2D eigenvalue weighted by atomic mass is 16.5. The van der Waals surface area contributed by atoms with Gasteiger partial charge >= 0.3 is 0 Å². The lowest BCUT2D eigenvalue weighted by Gasteiger charge is -2.44. The van der Waals surface area contributed by atoms with Crippen molar-refractivity contribution < 1.29 is 9.53 Å². The summed E-state index contributed by atoms with van der Waals surface area (Å²) in [6, 6.07) is 3.74. The Morgan fingerprint density at radius 2 is 2.08 bits per heavy atom. The fraction of sp³-hybridized carbons (Fsp3) is 0.0526. The largest absolute Gasteiger partial charge is 0.459 e. The van der Waals surface area contributed by atoms with Crippen LogP contribution in [0.5, 0.6) is 5.75 Å². The quantitative estimate of drug-likeness (QED) is 0.831. The summed E-state index contributed by atoms with van der Waals surface area (Å²) < 4.78 is 6.40. The topological polar surface area (TPSA) is 67.9 Å². The number of primary amides is 1. The molecule has 0 aliphatic carbocycles. The van der Waals surface area contributed by atoms with E-state index in [0.29, 0.717) is 11.3 Å². The fourth-order valence-corrected chi connectivity index (χ4v) is 3.51. The third-order valence-electron chi connectivity index (χ3n) is 4.62. The third-order valence-corrected chi connectivity index (χ3v) is 4.62. The predicted molar refractivity (Wildman–Crippen MR) is 91.6 cm³/mol. The number of nitrogens with two attached hydrogens (primary N) is 1. The predicted octanol–water partition coefficient (Wildman–Crippen LogP) is 0.747. The van der Waals surface area contributed by atoms with Crippen LogP contribution in [0.15, 0.2) is 65.5 Å². The van der Waals surface area contributed by atoms with Gasteiger partial charge < -0.3 is 15.4 Å². The number of benzene rings is 1. The van der Waals surface area contributed by atoms with Gasteiger partial charge in [-0.05, 0) is 36.4 Å². The first-order chi connectivity index (χ1) is 11.7. The Kier molecular flexibility index (Phi) is 2.38. The van der Waals surface area contributed by atoms with Crippen LogP contribution in [-0.4, -0.2) is 22.7 Å². The van der Waals surface area contributed by atoms with Crippen molar-refractivity contribution in [2.45, 2.75) is 5.72 Å². The number of ether oxygens (including phenoxy) is 1. The van der Waals surface area contributed by atoms with Crippen molar-refractivity contribution in [1.29, 1.82) is 0 Å². The van der Waals surface area contributed by atoms with Crippen molar-refractivity contribution in [3.8, 4) is 5.75 Å². The number of carbonyl (C=O) groups excluding carboxylic acids is 1. The standard InChI is InChI=1S/C19H13N3O2/c20-18(23)14-11-21-15-5-6-16-13(17(14)15)10-12-4-3-9-22-8-2-1-7-19(12,22)24-16/h1-11H,(H2,20,23). The molecule has 5 heteroatoms. The Balaban J connectivity index is 1.84. The van der Waals surface area contributed by atoms with Crippen molar-refractivity contribution in [2.75, 3.05) is 0 Å². The van der Waals surface area contributed by atoms with Crippen molar-refractivity contribution in [3.05, 3.63) is 70.9 Å². The Hall–Kier alpha value is -3.34. The second-order valence-electron chi connectivity index (χ2n) is 5.92. The summed E-state index contributed by atoms with van der Waals surface area (Å²) in [5.74, 6) is 0.217. The molecule has 5 nitrogen and oxygen atoms in total. The average molecular weight is 315 g/mol. The van der Waals surface area contributed by atoms with Crippen LogP contribution in [-0.2, 0) is 4.79 Å². The van der Waals surface area contributed by atoms with Crippen LogP contribution >= 0.6 is 0 Å². The van der Waals surface area contributed by atoms with E-state index in [1.807, 2.05) is 59.8 Å². The van der Waals surface area contributed by atoms with Gasteiger partial charge in [-0.3, -0.25) is 9.79 Å². The summed E-state index contributed by atoms with van der Waals surface area (Å²) in [5.41, 5.74) is 6.97. The van der Waals surface area contributed by atoms with Gasteiger partial charge in [0.1, 0.15) is 5.75 Å². The number of amides is 1. The minimum Gasteiger partial charge on any atom is -0.459 e. The maximum absolute atomic E-state index is 11.7. The molecule has 116 valence electrons. The summed E-state index contributed by atoms with van der Waals surface area (Å²) in [6.45, 7) is 0. The van der Waals surface area contributed by atoms with Crippen LogP contribution in [0.2, 0.25) is 0 Å². The van der Waals surface area contributed by atoms with Crippen molar-refractivity contribution in [2.24, 2.45) is 10.7 Å². The first-order valence-corrected chi connectivity index (χ1v) is 7.64. The molecule has 0 radical (unpaired) electrons. The molecule has 1 spiro atoms. The lowest BCUT2D eigenvalue weighted by molar-refractivity contribution is -0.112. The Morgan fingerprint density at radius 3 is 2.96 bits per heavy atom. The molecule has 2 N–H and O–H groups in total. The van der Waals surface area contributed by atoms with E-state index in [2.05, 4.69) is 11.1 Å². The molecule has 1 aromatic rings. The molecule has 4 heterocycles. The highest BCUT2D eigenvalue weighted by molar-refractivity contribution is 6.36. The molecule has 0 saturated heterocycles. The number of rotatable bonds is 1. The van der Waals surface area contributed by atoms with E-state index in [-0.39, 0.29) is 0 Å². The Morgan fingerprint density at radius 1 is 1.21 bits per heavy atom. The molecule has 5 rings (SSSR count). The van der Waals surface area contributed by atoms with E-state index in [1.54, 1.807) is 0 Å². The van der Waals surface area contributed by atoms with Crippen LogP contribution < -0.4 is 20.9 Å². The molecule has 1 unspecified atom stereocenters. The number of hydrogen-bond acceptors (Lipinski definition) is 4. The molecule has 0 bridgehead atoms. The SMILES string of the molecule is NC(=O)C1=c2c(ccc3c2=CC2=CC=CN4C=CC=CC24O3)N=C1. The number of fused-ring (bicyclic) bond motifs is 3. The molecule has 4 aliphatic rings. The summed E-state index contributed by atoms with van der Waals surface area (Å²) in [5, 5.41) is 1.58. The maximum atomic E-state index is 11.7. The molecule has 1 aromatic carbocycles. The van der Waals surface area contributed by atoms with Crippen LogP contribution in [0, 0.1) is 0 Å². The molecule has 1 atom stereocenters. The monoisotopic (exact) mass is 315 g/mol. The normalized spacial score (nSPS) is 24.4. The van der Waals surface area contributed by atoms with Crippen LogP contribution in [0.4, 0.5) is 5.69 Å². The number of aliphatic imine (C=N–C) groups is 1. The van der Waals surface area contributed by atoms with E-state index in [1.165, 1.54) is 6.21 Å². The van der Waals surface area contributed by atoms with E-state index in [0.717, 1.165) is 21.7 Å². The van der Waals surface area contributed by atoms with Crippen molar-refractivity contribution in [1.82, 2.24) is 4.90 Å². The van der Waals surface area contributed by atoms with E-state index in [4.69, 9.17) is 10.5 Å². The molecular formula is C19H13N3O2. The molecule has 0 fully saturated rings. The highest BCUT2D eigenvalue weighted by Gasteiger charge is 2.42. The maximum Gasteiger partial charge on any atom is 0.250 e. The first-order valence-electron chi connectivity index (χ1n) is 7.64. The molecule has 0 aromatic heterocycles. The Labute approximate surface area is 137 Å². The summed E-state index contributed by atoms with van der Waals surface area (Å²) >= 11 is 0. The third kappa shape index (κ3) is 1.53. The number of allylic oxidation sites excluding steroid dienone is 4. The Bertz CT molecular complexity index is 1070. The second-order valence-corrected chi connectivity index (χ2v) is 5.92. The zero-order chi connectivity index (χ0) is 16.3. The average Bonchev–Trinajstić information content (AvgIpc) is 3.03. The number of nitrogens with zero attached hydrogens (tertiary/aromatic N) is 2. The van der Waals surface area contributed by atoms with Crippen molar-refractivity contribution in [3.63, 3.8) is 0 Å². The van der Waals surface area contributed by atoms with E-state index < -0.39 is 11.6 Å². The number of hydrogen-bond donors (Lipinski definition) is 1. The molecule has 0 saturated carbocycles. The van der Waals surface area contributed by atoms with Crippen molar-refractivity contribution >= 4 is 29.5 Å². The van der Waals surface area contributed by atoms with Gasteiger partial charge in [-0.25, -0.2) is 0 Å². The van der Waals surface area contributed by atoms with Crippen LogP contribution in [0.1, 0.15) is 0 Å². The summed E-state index contributed by atoms with van der Waals surface area (Å²) in [4.78, 5) is 18.0. The first kappa shape index (κ1) is 13.1. The lowest BCUT2D eigenvalue weighted by Crippen LogP contribution is -2.53. The van der Waals surface area contributed by atoms with Gasteiger partial charge in [-0.1, -0.05) is 12.2 Å². The van der Waals surface area contributed by atoms with Gasteiger partial charge in [0.2, 0.25) is 5.72 Å². The van der Waals surface area contributed by atoms with Gasteiger partial charge in [-0.15, -0.1) is 0 Å². The minimum atomic E-state index is -0.683. The van der Waals surface area contributed by atoms with Gasteiger partial charge in [0.15, 0.2) is 0 Å². The highest BCUT2D eigenvalue weighted by Crippen LogP contribution is 2.37. The van der Waals surface area contributed by atoms with Gasteiger partial charge in [0.05, 0.1) is 11.3 Å². The number of carbonyl (C=O) groups is 1. The van der Waals surface area contributed by atoms with E-state index >= 15 is 0 Å². The molecule has 4 aliphatic heterocycles. The fourth-order valence-electron chi connectivity index (χ4n) is 3.51. The molecular weight excluding hydrogens is 302 g/mol. The smallest absolute Gasteiger partial charge is 0.250 e. The van der Waals surface area contributed by atoms with E-state index in [9.17, 15) is 4.79 Å². The van der Waals surface area contributed by atoms with Crippen LogP contribution in [0.3, 0.4) is 0 Å². The van der Waals surface area contributed by atoms with Gasteiger partial charge in [-0.2, -0.15) is 0 Å². The minimum absolute atomic E-state index is 0.417. The zero-order valence-electron chi connectivity index (χ0n) is 12.6. The zero-order valence-corrected chi connectivity index (χ0v) is 12.6. The van der Waals surface area contributed by atoms with Gasteiger partial charge in [0.25, 0.3) is 5.91 Å². The summed E-state index contributed by atoms with van der Waals surface area (Å²) in [6.07, 6.45) is 17.5. The molecule has 24 heavy (non-hydrogen) atoms. The lowest BCUT2D eigenvalue weighted by atomic mass is 9.91. The van der Waals surface area contributed by atoms with Gasteiger partial charge in [0, 0.05) is 34.6 Å².